The Labute approximate surface area is 106 Å². The molecular weight excluding hydrogens is 285 g/mol. The van der Waals surface area contributed by atoms with Crippen LogP contribution in [-0.4, -0.2) is 4.98 Å². The van der Waals surface area contributed by atoms with Gasteiger partial charge in [-0.2, -0.15) is 5.26 Å². The third kappa shape index (κ3) is 2.80. The number of nitrogens with one attached hydrogen (secondary N) is 1. The monoisotopic (exact) mass is 291 g/mol. The predicted molar refractivity (Wildman–Crippen MR) is 66.3 cm³/mol. The maximum atomic E-state index is 13.3. The molecule has 0 spiro atoms. The summed E-state index contributed by atoms with van der Waals surface area (Å²) in [5.74, 6) is 0.150. The van der Waals surface area contributed by atoms with Crippen LogP contribution >= 0.6 is 15.9 Å². The summed E-state index contributed by atoms with van der Waals surface area (Å²) in [6, 6.07) is 9.88. The van der Waals surface area contributed by atoms with Gasteiger partial charge in [0.05, 0.1) is 16.1 Å². The van der Waals surface area contributed by atoms with E-state index in [-0.39, 0.29) is 5.82 Å². The Balaban J connectivity index is 2.25. The van der Waals surface area contributed by atoms with Gasteiger partial charge in [-0.1, -0.05) is 0 Å². The maximum absolute atomic E-state index is 13.3. The van der Waals surface area contributed by atoms with Crippen molar-refractivity contribution in [1.29, 1.82) is 5.26 Å². The molecule has 2 rings (SSSR count). The van der Waals surface area contributed by atoms with Crippen LogP contribution in [-0.2, 0) is 0 Å². The molecule has 0 fully saturated rings. The molecule has 0 atom stereocenters. The molecule has 1 aromatic carbocycles. The molecule has 1 aromatic heterocycles. The van der Waals surface area contributed by atoms with Gasteiger partial charge in [0.1, 0.15) is 11.6 Å². The van der Waals surface area contributed by atoms with E-state index in [1.807, 2.05) is 6.07 Å². The van der Waals surface area contributed by atoms with Gasteiger partial charge in [-0.25, -0.2) is 9.37 Å². The van der Waals surface area contributed by atoms with Gasteiger partial charge in [-0.3, -0.25) is 0 Å². The van der Waals surface area contributed by atoms with Crippen LogP contribution in [0.5, 0.6) is 0 Å². The van der Waals surface area contributed by atoms with E-state index in [4.69, 9.17) is 5.26 Å². The lowest BCUT2D eigenvalue weighted by molar-refractivity contribution is 0.622. The molecule has 0 amide bonds. The highest BCUT2D eigenvalue weighted by molar-refractivity contribution is 9.10. The van der Waals surface area contributed by atoms with E-state index in [0.29, 0.717) is 21.5 Å². The number of benzene rings is 1. The summed E-state index contributed by atoms with van der Waals surface area (Å²) in [5.41, 5.74) is 1.08. The van der Waals surface area contributed by atoms with Crippen molar-refractivity contribution in [1.82, 2.24) is 4.98 Å². The number of pyridine rings is 1. The average molecular weight is 292 g/mol. The Morgan fingerprint density at radius 3 is 2.82 bits per heavy atom. The zero-order chi connectivity index (χ0) is 12.3. The molecule has 1 heterocycles. The number of hydrogen-bond donors (Lipinski definition) is 1. The highest BCUT2D eigenvalue weighted by atomic mass is 79.9. The Kier molecular flexibility index (Phi) is 3.35. The number of halogens is 2. The number of aromatic nitrogens is 1. The van der Waals surface area contributed by atoms with Crippen molar-refractivity contribution in [2.24, 2.45) is 0 Å². The second kappa shape index (κ2) is 4.93. The number of nitrogens with zero attached hydrogens (tertiary/aromatic N) is 2. The first kappa shape index (κ1) is 11.6. The minimum Gasteiger partial charge on any atom is -0.340 e. The van der Waals surface area contributed by atoms with Crippen molar-refractivity contribution in [2.75, 3.05) is 5.32 Å². The Morgan fingerprint density at radius 1 is 1.29 bits per heavy atom. The zero-order valence-corrected chi connectivity index (χ0v) is 10.2. The van der Waals surface area contributed by atoms with E-state index in [1.165, 1.54) is 12.3 Å². The first-order chi connectivity index (χ1) is 8.19. The fourth-order valence-corrected chi connectivity index (χ4v) is 1.54. The van der Waals surface area contributed by atoms with Gasteiger partial charge in [0.2, 0.25) is 0 Å². The van der Waals surface area contributed by atoms with Gasteiger partial charge < -0.3 is 5.32 Å². The van der Waals surface area contributed by atoms with Crippen LogP contribution in [0.1, 0.15) is 5.56 Å². The molecule has 17 heavy (non-hydrogen) atoms. The second-order valence-corrected chi connectivity index (χ2v) is 4.15. The summed E-state index contributed by atoms with van der Waals surface area (Å²) < 4.78 is 13.7. The number of anilines is 2. The Morgan fingerprint density at radius 2 is 2.12 bits per heavy atom. The fraction of sp³-hybridized carbons (Fsp3) is 0. The minimum atomic E-state index is -0.355. The second-order valence-electron chi connectivity index (χ2n) is 3.30. The van der Waals surface area contributed by atoms with Crippen molar-refractivity contribution >= 4 is 27.4 Å². The average Bonchev–Trinajstić information content (AvgIpc) is 2.34. The molecule has 3 nitrogen and oxygen atoms in total. The molecule has 0 saturated heterocycles. The first-order valence-electron chi connectivity index (χ1n) is 4.77. The summed E-state index contributed by atoms with van der Waals surface area (Å²) in [7, 11) is 0. The normalized spacial score (nSPS) is 9.71. The quantitative estimate of drug-likeness (QED) is 0.920. The van der Waals surface area contributed by atoms with Gasteiger partial charge in [0, 0.05) is 11.9 Å². The number of hydrogen-bond acceptors (Lipinski definition) is 3. The molecule has 0 bridgehead atoms. The lowest BCUT2D eigenvalue weighted by Crippen LogP contribution is -1.94. The van der Waals surface area contributed by atoms with Crippen molar-refractivity contribution < 1.29 is 4.39 Å². The molecule has 84 valence electrons. The van der Waals surface area contributed by atoms with E-state index in [0.717, 1.165) is 0 Å². The summed E-state index contributed by atoms with van der Waals surface area (Å²) >= 11 is 3.08. The summed E-state index contributed by atoms with van der Waals surface area (Å²) in [6.45, 7) is 0. The van der Waals surface area contributed by atoms with E-state index in [2.05, 4.69) is 26.2 Å². The third-order valence-corrected chi connectivity index (χ3v) is 2.72. The van der Waals surface area contributed by atoms with E-state index >= 15 is 0 Å². The topological polar surface area (TPSA) is 48.7 Å². The molecule has 1 N–H and O–H groups in total. The Hall–Kier alpha value is -1.93. The predicted octanol–water partition coefficient (Wildman–Crippen LogP) is 3.60. The fourth-order valence-electron chi connectivity index (χ4n) is 1.29. The zero-order valence-electron chi connectivity index (χ0n) is 8.61. The van der Waals surface area contributed by atoms with Gasteiger partial charge >= 0.3 is 0 Å². The maximum Gasteiger partial charge on any atom is 0.139 e. The molecule has 5 heteroatoms. The van der Waals surface area contributed by atoms with Crippen molar-refractivity contribution in [3.8, 4) is 6.07 Å². The highest BCUT2D eigenvalue weighted by Crippen LogP contribution is 2.21. The minimum absolute atomic E-state index is 0.355. The lowest BCUT2D eigenvalue weighted by atomic mass is 10.2. The van der Waals surface area contributed by atoms with Crippen LogP contribution in [0.15, 0.2) is 41.0 Å². The highest BCUT2D eigenvalue weighted by Gasteiger charge is 2.02. The number of rotatable bonds is 2. The van der Waals surface area contributed by atoms with Crippen LogP contribution in [0.2, 0.25) is 0 Å². The molecule has 0 radical (unpaired) electrons. The van der Waals surface area contributed by atoms with E-state index < -0.39 is 0 Å². The molecule has 2 aromatic rings. The SMILES string of the molecule is N#Cc1ccnc(Nc2ccc(Br)c(F)c2)c1. The van der Waals surface area contributed by atoms with Crippen molar-refractivity contribution in [3.05, 3.63) is 52.4 Å². The van der Waals surface area contributed by atoms with Crippen LogP contribution in [0.25, 0.3) is 0 Å². The third-order valence-electron chi connectivity index (χ3n) is 2.08. The van der Waals surface area contributed by atoms with E-state index in [9.17, 15) is 4.39 Å². The molecule has 0 unspecified atom stereocenters. The van der Waals surface area contributed by atoms with Crippen molar-refractivity contribution in [3.63, 3.8) is 0 Å². The molecule has 0 aliphatic heterocycles. The van der Waals surface area contributed by atoms with Crippen LogP contribution in [0.3, 0.4) is 0 Å². The molecular formula is C12H7BrFN3. The van der Waals surface area contributed by atoms with Gasteiger partial charge in [0.15, 0.2) is 0 Å². The van der Waals surface area contributed by atoms with Crippen LogP contribution in [0.4, 0.5) is 15.9 Å². The molecule has 0 aliphatic carbocycles. The molecule has 0 saturated carbocycles. The van der Waals surface area contributed by atoms with Crippen LogP contribution < -0.4 is 5.32 Å². The first-order valence-corrected chi connectivity index (χ1v) is 5.56. The van der Waals surface area contributed by atoms with Gasteiger partial charge in [-0.15, -0.1) is 0 Å². The lowest BCUT2D eigenvalue weighted by Gasteiger charge is -2.06. The summed E-state index contributed by atoms with van der Waals surface area (Å²) in [6.07, 6.45) is 1.52. The van der Waals surface area contributed by atoms with Gasteiger partial charge in [-0.05, 0) is 46.3 Å². The Bertz CT molecular complexity index is 593. The molecule has 0 aliphatic rings. The van der Waals surface area contributed by atoms with E-state index in [1.54, 1.807) is 24.3 Å². The smallest absolute Gasteiger partial charge is 0.139 e. The standard InChI is InChI=1S/C12H7BrFN3/c13-10-2-1-9(6-11(10)14)17-12-5-8(7-15)3-4-16-12/h1-6H,(H,16,17). The van der Waals surface area contributed by atoms with Crippen LogP contribution in [0, 0.1) is 17.1 Å². The van der Waals surface area contributed by atoms with Gasteiger partial charge in [0.25, 0.3) is 0 Å². The largest absolute Gasteiger partial charge is 0.340 e. The van der Waals surface area contributed by atoms with Crippen molar-refractivity contribution in [2.45, 2.75) is 0 Å². The summed E-state index contributed by atoms with van der Waals surface area (Å²) in [5, 5.41) is 11.7. The summed E-state index contributed by atoms with van der Waals surface area (Å²) in [4.78, 5) is 4.04. The number of nitriles is 1.